The van der Waals surface area contributed by atoms with Gasteiger partial charge >= 0.3 is 0 Å². The summed E-state index contributed by atoms with van der Waals surface area (Å²) in [5, 5.41) is 9.95. The molecule has 1 fully saturated rings. The summed E-state index contributed by atoms with van der Waals surface area (Å²) in [5.41, 5.74) is 0. The highest BCUT2D eigenvalue weighted by Gasteiger charge is 2.19. The lowest BCUT2D eigenvalue weighted by Gasteiger charge is -2.20. The van der Waals surface area contributed by atoms with E-state index in [1.54, 1.807) is 7.11 Å². The first kappa shape index (κ1) is 13.0. The third-order valence-corrected chi connectivity index (χ3v) is 3.78. The van der Waals surface area contributed by atoms with Gasteiger partial charge in [0.1, 0.15) is 0 Å². The zero-order chi connectivity index (χ0) is 11.1. The zero-order valence-corrected chi connectivity index (χ0v) is 10.2. The van der Waals surface area contributed by atoms with Crippen LogP contribution in [0.3, 0.4) is 0 Å². The van der Waals surface area contributed by atoms with Crippen LogP contribution in [0.5, 0.6) is 0 Å². The third-order valence-electron chi connectivity index (χ3n) is 3.78. The minimum Gasteiger partial charge on any atom is -0.393 e. The summed E-state index contributed by atoms with van der Waals surface area (Å²) >= 11 is 0. The van der Waals surface area contributed by atoms with Crippen LogP contribution in [-0.4, -0.2) is 24.9 Å². The first-order valence-corrected chi connectivity index (χ1v) is 6.41. The first-order chi connectivity index (χ1) is 7.24. The fraction of sp³-hybridized carbons (Fsp3) is 1.00. The highest BCUT2D eigenvalue weighted by Crippen LogP contribution is 2.29. The van der Waals surface area contributed by atoms with Gasteiger partial charge < -0.3 is 9.84 Å². The second kappa shape index (κ2) is 7.24. The van der Waals surface area contributed by atoms with Crippen LogP contribution >= 0.6 is 0 Å². The van der Waals surface area contributed by atoms with Crippen molar-refractivity contribution in [1.29, 1.82) is 0 Å². The van der Waals surface area contributed by atoms with Gasteiger partial charge in [0, 0.05) is 13.7 Å². The summed E-state index contributed by atoms with van der Waals surface area (Å²) in [6.45, 7) is 2.89. The van der Waals surface area contributed by atoms with Crippen molar-refractivity contribution >= 4 is 0 Å². The Hall–Kier alpha value is -0.0800. The summed E-state index contributed by atoms with van der Waals surface area (Å²) in [4.78, 5) is 0. The molecule has 0 saturated heterocycles. The van der Waals surface area contributed by atoms with Crippen LogP contribution in [0.2, 0.25) is 0 Å². The molecule has 1 aliphatic rings. The van der Waals surface area contributed by atoms with Gasteiger partial charge in [0.25, 0.3) is 0 Å². The van der Waals surface area contributed by atoms with Gasteiger partial charge in [0.05, 0.1) is 6.10 Å². The van der Waals surface area contributed by atoms with E-state index in [0.29, 0.717) is 5.92 Å². The van der Waals surface area contributed by atoms with Crippen molar-refractivity contribution < 1.29 is 9.84 Å². The molecule has 0 aromatic heterocycles. The largest absolute Gasteiger partial charge is 0.393 e. The Morgan fingerprint density at radius 2 is 1.93 bits per heavy atom. The monoisotopic (exact) mass is 214 g/mol. The van der Waals surface area contributed by atoms with Crippen LogP contribution in [0.15, 0.2) is 0 Å². The Balaban J connectivity index is 2.08. The highest BCUT2D eigenvalue weighted by atomic mass is 16.5. The Morgan fingerprint density at radius 3 is 2.53 bits per heavy atom. The van der Waals surface area contributed by atoms with Crippen LogP contribution < -0.4 is 0 Å². The van der Waals surface area contributed by atoms with E-state index in [0.717, 1.165) is 25.4 Å². The van der Waals surface area contributed by atoms with Gasteiger partial charge in [0.15, 0.2) is 0 Å². The number of aliphatic hydroxyl groups excluding tert-OH is 1. The molecule has 0 aromatic carbocycles. The molecule has 0 aromatic rings. The summed E-state index contributed by atoms with van der Waals surface area (Å²) in [6, 6.07) is 0. The number of ether oxygens (including phenoxy) is 1. The minimum absolute atomic E-state index is 0.124. The van der Waals surface area contributed by atoms with Crippen molar-refractivity contribution in [2.75, 3.05) is 13.7 Å². The van der Waals surface area contributed by atoms with Crippen LogP contribution in [0.4, 0.5) is 0 Å². The Kier molecular flexibility index (Phi) is 6.26. The summed E-state index contributed by atoms with van der Waals surface area (Å²) in [6.07, 6.45) is 8.63. The van der Waals surface area contributed by atoms with Crippen molar-refractivity contribution in [1.82, 2.24) is 0 Å². The van der Waals surface area contributed by atoms with Crippen LogP contribution in [0, 0.1) is 11.8 Å². The average Bonchev–Trinajstić information content (AvgIpc) is 2.75. The third kappa shape index (κ3) is 4.98. The molecule has 15 heavy (non-hydrogen) atoms. The maximum absolute atomic E-state index is 9.95. The van der Waals surface area contributed by atoms with Crippen molar-refractivity contribution in [3.63, 3.8) is 0 Å². The van der Waals surface area contributed by atoms with Gasteiger partial charge in [-0.1, -0.05) is 32.6 Å². The molecular formula is C13H26O2. The molecule has 0 radical (unpaired) electrons. The zero-order valence-electron chi connectivity index (χ0n) is 10.2. The van der Waals surface area contributed by atoms with Crippen molar-refractivity contribution in [2.24, 2.45) is 11.8 Å². The van der Waals surface area contributed by atoms with Crippen molar-refractivity contribution in [2.45, 2.75) is 58.0 Å². The Labute approximate surface area is 94.0 Å². The predicted octanol–water partition coefficient (Wildman–Crippen LogP) is 2.99. The SMILES string of the molecule is COCCC(C)C(O)CCC1CCCC1. The minimum atomic E-state index is -0.124. The molecule has 2 unspecified atom stereocenters. The molecule has 0 spiro atoms. The molecule has 2 atom stereocenters. The molecular weight excluding hydrogens is 188 g/mol. The molecule has 0 aliphatic heterocycles. The molecule has 1 aliphatic carbocycles. The molecule has 2 nitrogen and oxygen atoms in total. The van der Waals surface area contributed by atoms with Gasteiger partial charge in [-0.3, -0.25) is 0 Å². The number of hydrogen-bond acceptors (Lipinski definition) is 2. The number of aliphatic hydroxyl groups is 1. The fourth-order valence-corrected chi connectivity index (χ4v) is 2.49. The number of methoxy groups -OCH3 is 1. The van der Waals surface area contributed by atoms with E-state index in [9.17, 15) is 5.11 Å². The molecule has 0 bridgehead atoms. The topological polar surface area (TPSA) is 29.5 Å². The lowest BCUT2D eigenvalue weighted by atomic mass is 9.92. The van der Waals surface area contributed by atoms with E-state index in [1.165, 1.54) is 32.1 Å². The lowest BCUT2D eigenvalue weighted by molar-refractivity contribution is 0.0767. The number of hydrogen-bond donors (Lipinski definition) is 1. The normalized spacial score (nSPS) is 21.8. The van der Waals surface area contributed by atoms with Gasteiger partial charge in [-0.25, -0.2) is 0 Å². The predicted molar refractivity (Wildman–Crippen MR) is 62.9 cm³/mol. The van der Waals surface area contributed by atoms with Gasteiger partial charge in [-0.15, -0.1) is 0 Å². The van der Waals surface area contributed by atoms with Crippen LogP contribution in [0.25, 0.3) is 0 Å². The molecule has 1 saturated carbocycles. The van der Waals surface area contributed by atoms with Gasteiger partial charge in [0.2, 0.25) is 0 Å². The molecule has 1 rings (SSSR count). The fourth-order valence-electron chi connectivity index (χ4n) is 2.49. The smallest absolute Gasteiger partial charge is 0.0566 e. The van der Waals surface area contributed by atoms with E-state index < -0.39 is 0 Å². The first-order valence-electron chi connectivity index (χ1n) is 6.41. The maximum Gasteiger partial charge on any atom is 0.0566 e. The van der Waals surface area contributed by atoms with Gasteiger partial charge in [-0.2, -0.15) is 0 Å². The quantitative estimate of drug-likeness (QED) is 0.706. The van der Waals surface area contributed by atoms with E-state index in [2.05, 4.69) is 6.92 Å². The number of rotatable bonds is 7. The average molecular weight is 214 g/mol. The molecule has 90 valence electrons. The van der Waals surface area contributed by atoms with Gasteiger partial charge in [-0.05, 0) is 31.1 Å². The van der Waals surface area contributed by atoms with E-state index in [4.69, 9.17) is 4.74 Å². The lowest BCUT2D eigenvalue weighted by Crippen LogP contribution is -2.19. The van der Waals surface area contributed by atoms with E-state index in [1.807, 2.05) is 0 Å². The summed E-state index contributed by atoms with van der Waals surface area (Å²) < 4.78 is 5.03. The molecule has 2 heteroatoms. The van der Waals surface area contributed by atoms with Crippen LogP contribution in [0.1, 0.15) is 51.9 Å². The van der Waals surface area contributed by atoms with Crippen LogP contribution in [-0.2, 0) is 4.74 Å². The summed E-state index contributed by atoms with van der Waals surface area (Å²) in [5.74, 6) is 1.28. The van der Waals surface area contributed by atoms with Crippen molar-refractivity contribution in [3.05, 3.63) is 0 Å². The molecule has 0 amide bonds. The van der Waals surface area contributed by atoms with E-state index >= 15 is 0 Å². The maximum atomic E-state index is 9.95. The standard InChI is InChI=1S/C13H26O2/c1-11(9-10-15-2)13(14)8-7-12-5-3-4-6-12/h11-14H,3-10H2,1-2H3. The second-order valence-electron chi connectivity index (χ2n) is 5.05. The van der Waals surface area contributed by atoms with Crippen molar-refractivity contribution in [3.8, 4) is 0 Å². The molecule has 0 heterocycles. The summed E-state index contributed by atoms with van der Waals surface area (Å²) in [7, 11) is 1.72. The molecule has 1 N–H and O–H groups in total. The Morgan fingerprint density at radius 1 is 1.27 bits per heavy atom. The highest BCUT2D eigenvalue weighted by molar-refractivity contribution is 4.71. The Bertz CT molecular complexity index is 153. The van der Waals surface area contributed by atoms with E-state index in [-0.39, 0.29) is 6.10 Å². The second-order valence-corrected chi connectivity index (χ2v) is 5.05.